The Balaban J connectivity index is 1.81. The van der Waals surface area contributed by atoms with Gasteiger partial charge in [-0.1, -0.05) is 0 Å². The zero-order valence-electron chi connectivity index (χ0n) is 8.58. The smallest absolute Gasteiger partial charge is 0.143 e. The van der Waals surface area contributed by atoms with E-state index in [2.05, 4.69) is 10.3 Å². The summed E-state index contributed by atoms with van der Waals surface area (Å²) in [4.78, 5) is 3.78. The summed E-state index contributed by atoms with van der Waals surface area (Å²) in [6, 6.07) is 1.46. The minimum atomic E-state index is -0.306. The Bertz CT molecular complexity index is 313. The molecule has 1 saturated heterocycles. The molecular weight excluding hydrogens is 195 g/mol. The number of aromatic nitrogens is 1. The molecule has 4 heteroatoms. The number of hydrogen-bond acceptors (Lipinski definition) is 3. The summed E-state index contributed by atoms with van der Waals surface area (Å²) in [6.07, 6.45) is 5.13. The second-order valence-corrected chi connectivity index (χ2v) is 3.86. The van der Waals surface area contributed by atoms with E-state index in [0.29, 0.717) is 5.92 Å². The Labute approximate surface area is 88.7 Å². The normalized spacial score (nSPS) is 21.3. The monoisotopic (exact) mass is 210 g/mol. The van der Waals surface area contributed by atoms with Gasteiger partial charge in [0, 0.05) is 19.2 Å². The van der Waals surface area contributed by atoms with Crippen LogP contribution in [0.2, 0.25) is 0 Å². The lowest BCUT2D eigenvalue weighted by atomic mass is 10.0. The van der Waals surface area contributed by atoms with E-state index >= 15 is 0 Å². The maximum absolute atomic E-state index is 12.8. The summed E-state index contributed by atoms with van der Waals surface area (Å²) in [6.45, 7) is 2.50. The zero-order valence-corrected chi connectivity index (χ0v) is 8.58. The fraction of sp³-hybridized carbons (Fsp3) is 0.545. The molecule has 1 aromatic heterocycles. The molecule has 3 nitrogen and oxygen atoms in total. The number of anilines is 1. The van der Waals surface area contributed by atoms with Gasteiger partial charge in [0.2, 0.25) is 0 Å². The maximum atomic E-state index is 12.8. The van der Waals surface area contributed by atoms with Gasteiger partial charge in [-0.15, -0.1) is 0 Å². The molecule has 1 aromatic rings. The lowest BCUT2D eigenvalue weighted by Gasteiger charge is -2.22. The second-order valence-electron chi connectivity index (χ2n) is 3.86. The molecule has 1 fully saturated rings. The Morgan fingerprint density at radius 3 is 3.20 bits per heavy atom. The van der Waals surface area contributed by atoms with Gasteiger partial charge in [0.25, 0.3) is 0 Å². The largest absolute Gasteiger partial charge is 0.383 e. The molecule has 0 radical (unpaired) electrons. The fourth-order valence-corrected chi connectivity index (χ4v) is 1.74. The van der Waals surface area contributed by atoms with Gasteiger partial charge < -0.3 is 10.1 Å². The molecular formula is C11H15FN2O. The van der Waals surface area contributed by atoms with E-state index in [4.69, 9.17) is 4.74 Å². The second kappa shape index (κ2) is 5.07. The molecule has 1 aliphatic rings. The van der Waals surface area contributed by atoms with Gasteiger partial charge in [-0.25, -0.2) is 4.39 Å². The van der Waals surface area contributed by atoms with Gasteiger partial charge in [-0.3, -0.25) is 4.98 Å². The number of nitrogens with one attached hydrogen (secondary N) is 1. The van der Waals surface area contributed by atoms with E-state index < -0.39 is 0 Å². The number of ether oxygens (including phenoxy) is 1. The molecule has 1 N–H and O–H groups in total. The Hall–Kier alpha value is -1.16. The fourth-order valence-electron chi connectivity index (χ4n) is 1.74. The average molecular weight is 210 g/mol. The van der Waals surface area contributed by atoms with Gasteiger partial charge in [0.15, 0.2) is 0 Å². The van der Waals surface area contributed by atoms with Gasteiger partial charge in [-0.2, -0.15) is 0 Å². The third-order valence-corrected chi connectivity index (χ3v) is 2.55. The van der Waals surface area contributed by atoms with Crippen molar-refractivity contribution in [2.45, 2.75) is 12.8 Å². The lowest BCUT2D eigenvalue weighted by molar-refractivity contribution is 0.0595. The first-order chi connectivity index (χ1) is 7.34. The van der Waals surface area contributed by atoms with Crippen LogP contribution in [0.25, 0.3) is 0 Å². The zero-order chi connectivity index (χ0) is 10.5. The van der Waals surface area contributed by atoms with Gasteiger partial charge in [-0.05, 0) is 18.8 Å². The van der Waals surface area contributed by atoms with E-state index in [-0.39, 0.29) is 5.82 Å². The van der Waals surface area contributed by atoms with Crippen LogP contribution in [0.4, 0.5) is 10.1 Å². The van der Waals surface area contributed by atoms with Crippen LogP contribution in [0, 0.1) is 11.7 Å². The van der Waals surface area contributed by atoms with Crippen molar-refractivity contribution in [3.8, 4) is 0 Å². The molecule has 15 heavy (non-hydrogen) atoms. The Morgan fingerprint density at radius 1 is 1.53 bits per heavy atom. The minimum Gasteiger partial charge on any atom is -0.383 e. The first-order valence-corrected chi connectivity index (χ1v) is 5.27. The molecule has 2 heterocycles. The number of pyridine rings is 1. The topological polar surface area (TPSA) is 34.2 Å². The van der Waals surface area contributed by atoms with Crippen molar-refractivity contribution in [2.24, 2.45) is 5.92 Å². The Morgan fingerprint density at radius 2 is 2.47 bits per heavy atom. The third kappa shape index (κ3) is 3.16. The summed E-state index contributed by atoms with van der Waals surface area (Å²) >= 11 is 0. The van der Waals surface area contributed by atoms with Crippen LogP contribution in [0.1, 0.15) is 12.8 Å². The van der Waals surface area contributed by atoms with Crippen molar-refractivity contribution in [2.75, 3.05) is 25.1 Å². The molecule has 1 atom stereocenters. The van der Waals surface area contributed by atoms with Crippen molar-refractivity contribution in [1.82, 2.24) is 4.98 Å². The molecule has 0 aliphatic carbocycles. The van der Waals surface area contributed by atoms with Crippen molar-refractivity contribution >= 4 is 5.69 Å². The molecule has 1 aliphatic heterocycles. The minimum absolute atomic E-state index is 0.306. The van der Waals surface area contributed by atoms with E-state index in [9.17, 15) is 4.39 Å². The predicted molar refractivity (Wildman–Crippen MR) is 56.2 cm³/mol. The standard InChI is InChI=1S/C11H15FN2O/c12-10-4-11(7-13-6-10)14-5-9-2-1-3-15-8-9/h4,6-7,9,14H,1-3,5,8H2. The highest BCUT2D eigenvalue weighted by Crippen LogP contribution is 2.15. The van der Waals surface area contributed by atoms with Gasteiger partial charge >= 0.3 is 0 Å². The highest BCUT2D eigenvalue weighted by atomic mass is 19.1. The van der Waals surface area contributed by atoms with Crippen LogP contribution in [0.5, 0.6) is 0 Å². The van der Waals surface area contributed by atoms with Crippen molar-refractivity contribution < 1.29 is 9.13 Å². The molecule has 1 unspecified atom stereocenters. The lowest BCUT2D eigenvalue weighted by Crippen LogP contribution is -2.24. The highest BCUT2D eigenvalue weighted by Gasteiger charge is 2.13. The molecule has 2 rings (SSSR count). The van der Waals surface area contributed by atoms with E-state index in [1.807, 2.05) is 0 Å². The van der Waals surface area contributed by atoms with Crippen LogP contribution in [-0.4, -0.2) is 24.7 Å². The third-order valence-electron chi connectivity index (χ3n) is 2.55. The molecule has 0 amide bonds. The summed E-state index contributed by atoms with van der Waals surface area (Å²) in [5.41, 5.74) is 0.737. The van der Waals surface area contributed by atoms with E-state index in [1.54, 1.807) is 6.20 Å². The molecule has 0 saturated carbocycles. The van der Waals surface area contributed by atoms with Gasteiger partial charge in [0.1, 0.15) is 5.82 Å². The van der Waals surface area contributed by atoms with Crippen molar-refractivity contribution in [3.05, 3.63) is 24.3 Å². The van der Waals surface area contributed by atoms with Crippen molar-refractivity contribution in [3.63, 3.8) is 0 Å². The van der Waals surface area contributed by atoms with Crippen molar-refractivity contribution in [1.29, 1.82) is 0 Å². The first-order valence-electron chi connectivity index (χ1n) is 5.27. The SMILES string of the molecule is Fc1cncc(NCC2CCCOC2)c1. The molecule has 0 bridgehead atoms. The summed E-state index contributed by atoms with van der Waals surface area (Å²) < 4.78 is 18.2. The number of rotatable bonds is 3. The van der Waals surface area contributed by atoms with Crippen LogP contribution in [0.3, 0.4) is 0 Å². The van der Waals surface area contributed by atoms with Gasteiger partial charge in [0.05, 0.1) is 24.7 Å². The number of hydrogen-bond donors (Lipinski definition) is 1. The van der Waals surface area contributed by atoms with Crippen LogP contribution in [-0.2, 0) is 4.74 Å². The highest BCUT2D eigenvalue weighted by molar-refractivity contribution is 5.40. The molecule has 82 valence electrons. The average Bonchev–Trinajstić information content (AvgIpc) is 2.28. The van der Waals surface area contributed by atoms with Crippen LogP contribution >= 0.6 is 0 Å². The summed E-state index contributed by atoms with van der Waals surface area (Å²) in [7, 11) is 0. The van der Waals surface area contributed by atoms with Crippen LogP contribution in [0.15, 0.2) is 18.5 Å². The summed E-state index contributed by atoms with van der Waals surface area (Å²) in [5, 5.41) is 3.17. The maximum Gasteiger partial charge on any atom is 0.143 e. The van der Waals surface area contributed by atoms with Crippen LogP contribution < -0.4 is 5.32 Å². The van der Waals surface area contributed by atoms with E-state index in [0.717, 1.165) is 31.9 Å². The quantitative estimate of drug-likeness (QED) is 0.829. The Kier molecular flexibility index (Phi) is 3.50. The van der Waals surface area contributed by atoms with E-state index in [1.165, 1.54) is 18.7 Å². The first kappa shape index (κ1) is 10.4. The summed E-state index contributed by atoms with van der Waals surface area (Å²) in [5.74, 6) is 0.224. The molecule has 0 aromatic carbocycles. The molecule has 0 spiro atoms. The predicted octanol–water partition coefficient (Wildman–Crippen LogP) is 2.06. The number of halogens is 1. The number of nitrogens with zero attached hydrogens (tertiary/aromatic N) is 1.